The largest absolute Gasteiger partial charge is 0.381 e. The quantitative estimate of drug-likeness (QED) is 0.491. The number of ether oxygens (including phenoxy) is 1. The maximum atomic E-state index is 5.45. The van der Waals surface area contributed by atoms with Gasteiger partial charge in [-0.15, -0.1) is 6.58 Å². The number of allylic oxidation sites excluding steroid dienone is 1. The maximum Gasteiger partial charge on any atom is 0.0469 e. The van der Waals surface area contributed by atoms with E-state index >= 15 is 0 Å². The minimum atomic E-state index is 0.715. The minimum absolute atomic E-state index is 0.715. The Bertz CT molecular complexity index is 187. The first-order chi connectivity index (χ1) is 8.38. The van der Waals surface area contributed by atoms with Gasteiger partial charge in [0.15, 0.2) is 0 Å². The summed E-state index contributed by atoms with van der Waals surface area (Å²) in [6.07, 6.45) is 11.0. The molecule has 0 aromatic heterocycles. The van der Waals surface area contributed by atoms with Gasteiger partial charge in [-0.25, -0.2) is 0 Å². The molecule has 1 atom stereocenters. The molecule has 1 rings (SSSR count). The van der Waals surface area contributed by atoms with Crippen LogP contribution in [0.2, 0.25) is 0 Å². The van der Waals surface area contributed by atoms with Gasteiger partial charge in [0.2, 0.25) is 0 Å². The van der Waals surface area contributed by atoms with Crippen molar-refractivity contribution in [2.45, 2.75) is 57.9 Å². The fourth-order valence-corrected chi connectivity index (χ4v) is 2.71. The van der Waals surface area contributed by atoms with E-state index in [1.807, 2.05) is 6.08 Å². The zero-order valence-electron chi connectivity index (χ0n) is 11.4. The van der Waals surface area contributed by atoms with E-state index < -0.39 is 0 Å². The first-order valence-electron chi connectivity index (χ1n) is 7.30. The van der Waals surface area contributed by atoms with Crippen LogP contribution in [0.15, 0.2) is 12.7 Å². The lowest BCUT2D eigenvalue weighted by atomic mass is 9.88. The predicted molar refractivity (Wildman–Crippen MR) is 74.3 cm³/mol. The van der Waals surface area contributed by atoms with E-state index in [0.717, 1.165) is 25.7 Å². The van der Waals surface area contributed by atoms with Crippen molar-refractivity contribution >= 4 is 0 Å². The van der Waals surface area contributed by atoms with Gasteiger partial charge in [0, 0.05) is 19.3 Å². The lowest BCUT2D eigenvalue weighted by Gasteiger charge is -2.31. The van der Waals surface area contributed by atoms with Crippen LogP contribution in [0.4, 0.5) is 0 Å². The highest BCUT2D eigenvalue weighted by Gasteiger charge is 2.22. The molecule has 1 unspecified atom stereocenters. The molecule has 0 aromatic carbocycles. The van der Waals surface area contributed by atoms with E-state index in [1.165, 1.54) is 44.9 Å². The minimum Gasteiger partial charge on any atom is -0.381 e. The summed E-state index contributed by atoms with van der Waals surface area (Å²) in [7, 11) is 0. The SMILES string of the molecule is C=CCCCCCC(NCC)C1CCOCC1. The molecule has 1 aliphatic rings. The number of nitrogens with one attached hydrogen (secondary N) is 1. The Morgan fingerprint density at radius 2 is 2.06 bits per heavy atom. The Kier molecular flexibility index (Phi) is 8.37. The second-order valence-corrected chi connectivity index (χ2v) is 5.04. The van der Waals surface area contributed by atoms with Crippen molar-refractivity contribution in [3.8, 4) is 0 Å². The lowest BCUT2D eigenvalue weighted by molar-refractivity contribution is 0.0524. The van der Waals surface area contributed by atoms with Gasteiger partial charge in [-0.1, -0.05) is 25.8 Å². The average molecular weight is 239 g/mol. The van der Waals surface area contributed by atoms with Crippen LogP contribution in [0.3, 0.4) is 0 Å². The normalized spacial score (nSPS) is 19.1. The van der Waals surface area contributed by atoms with Gasteiger partial charge in [-0.2, -0.15) is 0 Å². The fraction of sp³-hybridized carbons (Fsp3) is 0.867. The highest BCUT2D eigenvalue weighted by molar-refractivity contribution is 4.78. The number of unbranched alkanes of at least 4 members (excludes halogenated alkanes) is 3. The molecule has 1 N–H and O–H groups in total. The summed E-state index contributed by atoms with van der Waals surface area (Å²) in [6.45, 7) is 9.00. The van der Waals surface area contributed by atoms with Crippen molar-refractivity contribution < 1.29 is 4.74 Å². The Balaban J connectivity index is 2.19. The second-order valence-electron chi connectivity index (χ2n) is 5.04. The van der Waals surface area contributed by atoms with Crippen molar-refractivity contribution in [3.63, 3.8) is 0 Å². The molecule has 0 amide bonds. The predicted octanol–water partition coefficient (Wildman–Crippen LogP) is 3.53. The number of hydrogen-bond acceptors (Lipinski definition) is 2. The lowest BCUT2D eigenvalue weighted by Crippen LogP contribution is -2.38. The molecule has 17 heavy (non-hydrogen) atoms. The second kappa shape index (κ2) is 9.67. The summed E-state index contributed by atoms with van der Waals surface area (Å²) in [5.41, 5.74) is 0. The molecule has 1 heterocycles. The third-order valence-electron chi connectivity index (χ3n) is 3.72. The van der Waals surface area contributed by atoms with E-state index in [9.17, 15) is 0 Å². The van der Waals surface area contributed by atoms with Crippen molar-refractivity contribution in [2.75, 3.05) is 19.8 Å². The number of rotatable bonds is 9. The first kappa shape index (κ1) is 14.7. The summed E-state index contributed by atoms with van der Waals surface area (Å²) in [5.74, 6) is 0.836. The van der Waals surface area contributed by atoms with Gasteiger partial charge >= 0.3 is 0 Å². The van der Waals surface area contributed by atoms with Gasteiger partial charge in [-0.3, -0.25) is 0 Å². The molecule has 100 valence electrons. The standard InChI is InChI=1S/C15H29NO/c1-3-5-6-7-8-9-15(16-4-2)14-10-12-17-13-11-14/h3,14-16H,1,4-13H2,2H3. The van der Waals surface area contributed by atoms with Gasteiger partial charge in [0.05, 0.1) is 0 Å². The molecule has 0 bridgehead atoms. The molecule has 1 aliphatic heterocycles. The van der Waals surface area contributed by atoms with E-state index in [1.54, 1.807) is 0 Å². The number of hydrogen-bond donors (Lipinski definition) is 1. The van der Waals surface area contributed by atoms with E-state index in [0.29, 0.717) is 6.04 Å². The smallest absolute Gasteiger partial charge is 0.0469 e. The molecule has 0 saturated carbocycles. The van der Waals surface area contributed by atoms with Crippen LogP contribution >= 0.6 is 0 Å². The van der Waals surface area contributed by atoms with E-state index in [4.69, 9.17) is 4.74 Å². The summed E-state index contributed by atoms with van der Waals surface area (Å²) < 4.78 is 5.45. The van der Waals surface area contributed by atoms with Crippen LogP contribution in [0, 0.1) is 5.92 Å². The van der Waals surface area contributed by atoms with Crippen LogP contribution < -0.4 is 5.32 Å². The van der Waals surface area contributed by atoms with Crippen LogP contribution in [-0.2, 0) is 4.74 Å². The van der Waals surface area contributed by atoms with Crippen molar-refractivity contribution in [3.05, 3.63) is 12.7 Å². The van der Waals surface area contributed by atoms with Crippen molar-refractivity contribution in [1.29, 1.82) is 0 Å². The third-order valence-corrected chi connectivity index (χ3v) is 3.72. The highest BCUT2D eigenvalue weighted by atomic mass is 16.5. The monoisotopic (exact) mass is 239 g/mol. The molecular weight excluding hydrogens is 210 g/mol. The molecule has 0 aliphatic carbocycles. The van der Waals surface area contributed by atoms with Gasteiger partial charge in [0.1, 0.15) is 0 Å². The summed E-state index contributed by atoms with van der Waals surface area (Å²) in [4.78, 5) is 0. The zero-order chi connectivity index (χ0) is 12.3. The van der Waals surface area contributed by atoms with Gasteiger partial charge in [0.25, 0.3) is 0 Å². The summed E-state index contributed by atoms with van der Waals surface area (Å²) in [6, 6.07) is 0.715. The zero-order valence-corrected chi connectivity index (χ0v) is 11.4. The Morgan fingerprint density at radius 3 is 2.71 bits per heavy atom. The van der Waals surface area contributed by atoms with Gasteiger partial charge < -0.3 is 10.1 Å². The van der Waals surface area contributed by atoms with Gasteiger partial charge in [-0.05, 0) is 44.6 Å². The fourth-order valence-electron chi connectivity index (χ4n) is 2.71. The Labute approximate surface area is 107 Å². The maximum absolute atomic E-state index is 5.45. The van der Waals surface area contributed by atoms with Crippen LogP contribution in [0.5, 0.6) is 0 Å². The molecule has 1 fully saturated rings. The average Bonchev–Trinajstić information content (AvgIpc) is 2.38. The Morgan fingerprint density at radius 1 is 1.29 bits per heavy atom. The summed E-state index contributed by atoms with van der Waals surface area (Å²) in [5, 5.41) is 3.67. The molecule has 0 radical (unpaired) electrons. The van der Waals surface area contributed by atoms with Crippen LogP contribution in [0.25, 0.3) is 0 Å². The van der Waals surface area contributed by atoms with Crippen molar-refractivity contribution in [2.24, 2.45) is 5.92 Å². The topological polar surface area (TPSA) is 21.3 Å². The molecule has 0 aromatic rings. The molecule has 2 heteroatoms. The first-order valence-corrected chi connectivity index (χ1v) is 7.30. The van der Waals surface area contributed by atoms with E-state index in [-0.39, 0.29) is 0 Å². The third kappa shape index (κ3) is 6.23. The Hall–Kier alpha value is -0.340. The molecule has 0 spiro atoms. The summed E-state index contributed by atoms with van der Waals surface area (Å²) >= 11 is 0. The molecule has 2 nitrogen and oxygen atoms in total. The highest BCUT2D eigenvalue weighted by Crippen LogP contribution is 2.22. The van der Waals surface area contributed by atoms with E-state index in [2.05, 4.69) is 18.8 Å². The molecule has 1 saturated heterocycles. The van der Waals surface area contributed by atoms with Crippen LogP contribution in [-0.4, -0.2) is 25.8 Å². The molecular formula is C15H29NO. The van der Waals surface area contributed by atoms with Crippen molar-refractivity contribution in [1.82, 2.24) is 5.32 Å². The van der Waals surface area contributed by atoms with Crippen LogP contribution in [0.1, 0.15) is 51.9 Å².